The molecule has 0 unspecified atom stereocenters. The molecule has 3 rings (SSSR count). The minimum absolute atomic E-state index is 0.0863. The van der Waals surface area contributed by atoms with Gasteiger partial charge in [0.05, 0.1) is 27.4 Å². The molecule has 2 amide bonds. The summed E-state index contributed by atoms with van der Waals surface area (Å²) < 4.78 is 47.8. The van der Waals surface area contributed by atoms with Crippen LogP contribution in [0.25, 0.3) is 0 Å². The van der Waals surface area contributed by atoms with Crippen molar-refractivity contribution in [3.05, 3.63) is 42.2 Å². The monoisotopic (exact) mass is 449 g/mol. The van der Waals surface area contributed by atoms with Gasteiger partial charge in [0.1, 0.15) is 18.2 Å². The minimum atomic E-state index is -4.11. The Morgan fingerprint density at radius 2 is 1.94 bits per heavy atom. The number of carbonyl (C=O) groups is 2. The maximum Gasteiger partial charge on any atom is 0.262 e. The molecule has 2 aromatic carbocycles. The molecule has 8 nitrogen and oxygen atoms in total. The van der Waals surface area contributed by atoms with Crippen molar-refractivity contribution in [1.82, 2.24) is 0 Å². The van der Waals surface area contributed by atoms with Gasteiger partial charge in [-0.15, -0.1) is 0 Å². The molecule has 0 bridgehead atoms. The van der Waals surface area contributed by atoms with Crippen molar-refractivity contribution in [3.63, 3.8) is 0 Å². The second kappa shape index (κ2) is 8.18. The highest BCUT2D eigenvalue weighted by Crippen LogP contribution is 2.38. The van der Waals surface area contributed by atoms with E-state index in [1.807, 2.05) is 6.92 Å². The van der Waals surface area contributed by atoms with Crippen molar-refractivity contribution in [2.75, 3.05) is 28.1 Å². The number of hydrogen-bond acceptors (Lipinski definition) is 5. The summed E-state index contributed by atoms with van der Waals surface area (Å²) in [6.07, 6.45) is 0. The van der Waals surface area contributed by atoms with Crippen molar-refractivity contribution in [2.45, 2.75) is 32.6 Å². The Morgan fingerprint density at radius 3 is 2.55 bits per heavy atom. The lowest BCUT2D eigenvalue weighted by Gasteiger charge is -2.26. The first-order valence-corrected chi connectivity index (χ1v) is 11.1. The molecule has 0 fully saturated rings. The Morgan fingerprint density at radius 1 is 1.23 bits per heavy atom. The van der Waals surface area contributed by atoms with Crippen LogP contribution in [0.2, 0.25) is 0 Å². The van der Waals surface area contributed by atoms with Crippen LogP contribution in [-0.2, 0) is 19.6 Å². The summed E-state index contributed by atoms with van der Waals surface area (Å²) in [5, 5.41) is 2.28. The lowest BCUT2D eigenvalue weighted by Crippen LogP contribution is -2.42. The van der Waals surface area contributed by atoms with Crippen LogP contribution in [0.3, 0.4) is 0 Å². The third-order valence-electron chi connectivity index (χ3n) is 4.79. The number of sulfonamides is 1. The van der Waals surface area contributed by atoms with Gasteiger partial charge in [-0.05, 0) is 51.1 Å². The molecule has 31 heavy (non-hydrogen) atoms. The summed E-state index contributed by atoms with van der Waals surface area (Å²) in [5.41, 5.74) is -0.0983. The number of halogens is 1. The van der Waals surface area contributed by atoms with E-state index < -0.39 is 27.2 Å². The van der Waals surface area contributed by atoms with E-state index in [0.717, 1.165) is 6.07 Å². The highest BCUT2D eigenvalue weighted by Gasteiger charge is 2.37. The van der Waals surface area contributed by atoms with Crippen molar-refractivity contribution in [2.24, 2.45) is 5.41 Å². The smallest absolute Gasteiger partial charge is 0.262 e. The van der Waals surface area contributed by atoms with Gasteiger partial charge in [0.2, 0.25) is 11.8 Å². The van der Waals surface area contributed by atoms with Crippen LogP contribution in [0.5, 0.6) is 5.75 Å². The maximum atomic E-state index is 14.2. The van der Waals surface area contributed by atoms with Crippen LogP contribution in [0, 0.1) is 11.2 Å². The second-order valence-electron chi connectivity index (χ2n) is 7.83. The van der Waals surface area contributed by atoms with Gasteiger partial charge in [0, 0.05) is 19.5 Å². The van der Waals surface area contributed by atoms with Gasteiger partial charge in [-0.1, -0.05) is 0 Å². The number of hydrogen-bond donors (Lipinski definition) is 2. The SMILES string of the molecule is CCN1C(=O)C(C)(C)COc2cc(NS(=O)(=O)c3ccc(NC(C)=O)c(F)c3)ccc21. The van der Waals surface area contributed by atoms with Crippen LogP contribution in [0.1, 0.15) is 27.7 Å². The normalized spacial score (nSPS) is 15.5. The van der Waals surface area contributed by atoms with E-state index in [-0.39, 0.29) is 28.8 Å². The predicted octanol–water partition coefficient (Wildman–Crippen LogP) is 3.36. The first kappa shape index (κ1) is 22.5. The average molecular weight is 450 g/mol. The number of anilines is 3. The minimum Gasteiger partial charge on any atom is -0.490 e. The highest BCUT2D eigenvalue weighted by atomic mass is 32.2. The molecule has 2 N–H and O–H groups in total. The van der Waals surface area contributed by atoms with Crippen molar-refractivity contribution in [3.8, 4) is 5.75 Å². The zero-order valence-electron chi connectivity index (χ0n) is 17.7. The molecule has 0 aromatic heterocycles. The van der Waals surface area contributed by atoms with E-state index in [2.05, 4.69) is 10.0 Å². The van der Waals surface area contributed by atoms with E-state index in [4.69, 9.17) is 4.74 Å². The summed E-state index contributed by atoms with van der Waals surface area (Å²) >= 11 is 0. The molecule has 0 aliphatic carbocycles. The van der Waals surface area contributed by atoms with Crippen molar-refractivity contribution >= 4 is 38.9 Å². The third-order valence-corrected chi connectivity index (χ3v) is 6.17. The Hall–Kier alpha value is -3.14. The third kappa shape index (κ3) is 4.63. The zero-order valence-corrected chi connectivity index (χ0v) is 18.5. The molecule has 0 saturated carbocycles. The Bertz CT molecular complexity index is 1150. The quantitative estimate of drug-likeness (QED) is 0.728. The van der Waals surface area contributed by atoms with Gasteiger partial charge in [-0.25, -0.2) is 12.8 Å². The second-order valence-corrected chi connectivity index (χ2v) is 9.52. The molecule has 0 spiro atoms. The van der Waals surface area contributed by atoms with E-state index in [0.29, 0.717) is 18.0 Å². The standard InChI is InChI=1S/C21H24FN3O5S/c1-5-25-18-9-6-14(10-19(18)30-12-21(3,4)20(25)27)24-31(28,29)15-7-8-17(16(22)11-15)23-13(2)26/h6-11,24H,5,12H2,1-4H3,(H,23,26). The summed E-state index contributed by atoms with van der Waals surface area (Å²) in [6, 6.07) is 7.81. The fourth-order valence-corrected chi connectivity index (χ4v) is 4.25. The van der Waals surface area contributed by atoms with Crippen LogP contribution in [0.4, 0.5) is 21.5 Å². The average Bonchev–Trinajstić information content (AvgIpc) is 2.77. The van der Waals surface area contributed by atoms with Gasteiger partial charge in [0.25, 0.3) is 10.0 Å². The van der Waals surface area contributed by atoms with E-state index in [9.17, 15) is 22.4 Å². The van der Waals surface area contributed by atoms with Gasteiger partial charge < -0.3 is 15.0 Å². The molecule has 0 radical (unpaired) electrons. The Labute approximate surface area is 180 Å². The van der Waals surface area contributed by atoms with Crippen molar-refractivity contribution < 1.29 is 27.1 Å². The van der Waals surface area contributed by atoms with Crippen LogP contribution in [0.15, 0.2) is 41.3 Å². The van der Waals surface area contributed by atoms with Crippen LogP contribution >= 0.6 is 0 Å². The molecule has 10 heteroatoms. The number of fused-ring (bicyclic) bond motifs is 1. The number of amides is 2. The van der Waals surface area contributed by atoms with Crippen LogP contribution < -0.4 is 19.7 Å². The van der Waals surface area contributed by atoms with Gasteiger partial charge in [0.15, 0.2) is 0 Å². The molecule has 0 saturated heterocycles. The van der Waals surface area contributed by atoms with E-state index >= 15 is 0 Å². The highest BCUT2D eigenvalue weighted by molar-refractivity contribution is 7.92. The van der Waals surface area contributed by atoms with E-state index in [1.165, 1.54) is 31.2 Å². The Kier molecular flexibility index (Phi) is 5.95. The number of nitrogens with one attached hydrogen (secondary N) is 2. The lowest BCUT2D eigenvalue weighted by atomic mass is 9.93. The summed E-state index contributed by atoms with van der Waals surface area (Å²) in [6.45, 7) is 7.21. The number of nitrogens with zero attached hydrogens (tertiary/aromatic N) is 1. The first-order valence-electron chi connectivity index (χ1n) is 9.63. The fourth-order valence-electron chi connectivity index (χ4n) is 3.19. The molecular weight excluding hydrogens is 425 g/mol. The molecule has 1 aliphatic heterocycles. The predicted molar refractivity (Wildman–Crippen MR) is 115 cm³/mol. The van der Waals surface area contributed by atoms with E-state index in [1.54, 1.807) is 24.8 Å². The lowest BCUT2D eigenvalue weighted by molar-refractivity contribution is -0.127. The Balaban J connectivity index is 1.90. The summed E-state index contributed by atoms with van der Waals surface area (Å²) in [7, 11) is -4.11. The molecule has 1 heterocycles. The van der Waals surface area contributed by atoms with Gasteiger partial charge in [-0.3, -0.25) is 14.3 Å². The number of benzene rings is 2. The number of rotatable bonds is 5. The number of carbonyl (C=O) groups excluding carboxylic acids is 2. The molecule has 0 atom stereocenters. The summed E-state index contributed by atoms with van der Waals surface area (Å²) in [5.74, 6) is -1.06. The largest absolute Gasteiger partial charge is 0.490 e. The first-order chi connectivity index (χ1) is 14.4. The fraction of sp³-hybridized carbons (Fsp3) is 0.333. The van der Waals surface area contributed by atoms with Gasteiger partial charge >= 0.3 is 0 Å². The molecule has 2 aromatic rings. The molecule has 1 aliphatic rings. The maximum absolute atomic E-state index is 14.2. The molecule has 166 valence electrons. The zero-order chi connectivity index (χ0) is 23.0. The van der Waals surface area contributed by atoms with Crippen molar-refractivity contribution in [1.29, 1.82) is 0 Å². The summed E-state index contributed by atoms with van der Waals surface area (Å²) in [4.78, 5) is 25.1. The van der Waals surface area contributed by atoms with Gasteiger partial charge in [-0.2, -0.15) is 0 Å². The molecular formula is C21H24FN3O5S. The topological polar surface area (TPSA) is 105 Å². The van der Waals surface area contributed by atoms with Crippen LogP contribution in [-0.4, -0.2) is 33.4 Å². The number of ether oxygens (including phenoxy) is 1.